The third-order valence-corrected chi connectivity index (χ3v) is 3.34. The lowest BCUT2D eigenvalue weighted by molar-refractivity contribution is -0.124. The number of amides is 4. The van der Waals surface area contributed by atoms with E-state index in [1.165, 1.54) is 12.2 Å². The van der Waals surface area contributed by atoms with E-state index >= 15 is 0 Å². The molecule has 0 saturated carbocycles. The smallest absolute Gasteiger partial charge is 0.258 e. The van der Waals surface area contributed by atoms with Crippen molar-refractivity contribution < 1.29 is 19.2 Å². The highest BCUT2D eigenvalue weighted by Gasteiger charge is 2.25. The van der Waals surface area contributed by atoms with Crippen LogP contribution in [0.5, 0.6) is 0 Å². The Balaban J connectivity index is 2.02. The van der Waals surface area contributed by atoms with Gasteiger partial charge in [0.2, 0.25) is 0 Å². The number of hydrogen-bond donors (Lipinski definition) is 2. The third-order valence-electron chi connectivity index (χ3n) is 3.34. The van der Waals surface area contributed by atoms with Crippen molar-refractivity contribution in [3.63, 3.8) is 0 Å². The van der Waals surface area contributed by atoms with Gasteiger partial charge in [0.1, 0.15) is 0 Å². The molecule has 0 aromatic heterocycles. The predicted molar refractivity (Wildman–Crippen MR) is 73.4 cm³/mol. The molecular weight excluding hydrogens is 272 g/mol. The molecule has 4 amide bonds. The molecule has 0 bridgehead atoms. The number of aryl methyl sites for hydroxylation is 1. The van der Waals surface area contributed by atoms with Crippen molar-refractivity contribution in [2.24, 2.45) is 0 Å². The van der Waals surface area contributed by atoms with Crippen molar-refractivity contribution in [3.05, 3.63) is 47.0 Å². The highest BCUT2D eigenvalue weighted by molar-refractivity contribution is 6.34. The van der Waals surface area contributed by atoms with Gasteiger partial charge in [-0.25, -0.2) is 0 Å². The van der Waals surface area contributed by atoms with Crippen LogP contribution in [0.1, 0.15) is 16.7 Å². The molecule has 2 heterocycles. The fourth-order valence-corrected chi connectivity index (χ4v) is 2.37. The monoisotopic (exact) mass is 282 g/mol. The lowest BCUT2D eigenvalue weighted by Crippen LogP contribution is -2.22. The van der Waals surface area contributed by atoms with Crippen LogP contribution in [0.3, 0.4) is 0 Å². The van der Waals surface area contributed by atoms with Gasteiger partial charge >= 0.3 is 0 Å². The maximum absolute atomic E-state index is 11.7. The van der Waals surface area contributed by atoms with E-state index in [0.29, 0.717) is 16.7 Å². The van der Waals surface area contributed by atoms with Gasteiger partial charge in [0, 0.05) is 12.2 Å². The van der Waals surface area contributed by atoms with Crippen LogP contribution in [0.2, 0.25) is 0 Å². The number of nitrogens with one attached hydrogen (secondary N) is 2. The van der Waals surface area contributed by atoms with E-state index in [1.54, 1.807) is 25.1 Å². The first-order valence-corrected chi connectivity index (χ1v) is 6.21. The van der Waals surface area contributed by atoms with Crippen molar-refractivity contribution in [1.82, 2.24) is 10.6 Å². The Bertz CT molecular complexity index is 787. The van der Waals surface area contributed by atoms with E-state index in [1.807, 2.05) is 0 Å². The molecule has 6 heteroatoms. The van der Waals surface area contributed by atoms with Crippen LogP contribution >= 0.6 is 0 Å². The van der Waals surface area contributed by atoms with Crippen LogP contribution in [0.25, 0.3) is 11.1 Å². The highest BCUT2D eigenvalue weighted by Crippen LogP contribution is 2.26. The van der Waals surface area contributed by atoms with Gasteiger partial charge < -0.3 is 0 Å². The SMILES string of the molecule is Cc1cc(C2=CC(=O)NC2=O)ccc1C1=CC(=O)NC1=O. The average Bonchev–Trinajstić information content (AvgIpc) is 2.91. The second-order valence-corrected chi connectivity index (χ2v) is 4.78. The standard InChI is InChI=1S/C15H10N2O4/c1-7-4-8(10-5-12(18)16-14(10)20)2-3-9(7)11-6-13(19)17-15(11)21/h2-6H,1H3,(H,16,18,20)(H,17,19,21). The Morgan fingerprint density at radius 2 is 1.38 bits per heavy atom. The highest BCUT2D eigenvalue weighted by atomic mass is 16.2. The first kappa shape index (κ1) is 13.0. The zero-order chi connectivity index (χ0) is 15.1. The summed E-state index contributed by atoms with van der Waals surface area (Å²) in [5.41, 5.74) is 2.52. The van der Waals surface area contributed by atoms with Gasteiger partial charge in [0.25, 0.3) is 23.6 Å². The molecule has 0 radical (unpaired) electrons. The van der Waals surface area contributed by atoms with Crippen LogP contribution in [0.15, 0.2) is 30.4 Å². The maximum Gasteiger partial charge on any atom is 0.258 e. The molecule has 2 N–H and O–H groups in total. The zero-order valence-corrected chi connectivity index (χ0v) is 11.0. The van der Waals surface area contributed by atoms with Crippen molar-refractivity contribution in [3.8, 4) is 0 Å². The lowest BCUT2D eigenvalue weighted by atomic mass is 9.95. The number of benzene rings is 1. The molecule has 21 heavy (non-hydrogen) atoms. The molecule has 0 fully saturated rings. The van der Waals surface area contributed by atoms with E-state index in [2.05, 4.69) is 10.6 Å². The molecule has 1 aromatic rings. The first-order chi connectivity index (χ1) is 9.95. The quantitative estimate of drug-likeness (QED) is 0.751. The Hall–Kier alpha value is -3.02. The average molecular weight is 282 g/mol. The molecule has 0 aliphatic carbocycles. The molecule has 2 aliphatic heterocycles. The minimum atomic E-state index is -0.444. The van der Waals surface area contributed by atoms with Gasteiger partial charge in [-0.2, -0.15) is 0 Å². The maximum atomic E-state index is 11.7. The Morgan fingerprint density at radius 1 is 0.810 bits per heavy atom. The molecular formula is C15H10N2O4. The number of carbonyl (C=O) groups is 4. The summed E-state index contributed by atoms with van der Waals surface area (Å²) in [4.78, 5) is 45.6. The van der Waals surface area contributed by atoms with E-state index in [0.717, 1.165) is 5.56 Å². The van der Waals surface area contributed by atoms with Crippen LogP contribution in [-0.2, 0) is 19.2 Å². The minimum Gasteiger partial charge on any atom is -0.289 e. The van der Waals surface area contributed by atoms with Gasteiger partial charge in [-0.3, -0.25) is 29.8 Å². The number of hydrogen-bond acceptors (Lipinski definition) is 4. The second kappa shape index (κ2) is 4.52. The van der Waals surface area contributed by atoms with Crippen molar-refractivity contribution in [1.29, 1.82) is 0 Å². The molecule has 0 spiro atoms. The molecule has 3 rings (SSSR count). The summed E-state index contributed by atoms with van der Waals surface area (Å²) in [7, 11) is 0. The van der Waals surface area contributed by atoms with E-state index in [-0.39, 0.29) is 5.57 Å². The second-order valence-electron chi connectivity index (χ2n) is 4.78. The summed E-state index contributed by atoms with van der Waals surface area (Å²) >= 11 is 0. The summed E-state index contributed by atoms with van der Waals surface area (Å²) in [6.07, 6.45) is 2.48. The number of imide groups is 2. The molecule has 0 atom stereocenters. The largest absolute Gasteiger partial charge is 0.289 e. The van der Waals surface area contributed by atoms with Crippen LogP contribution in [-0.4, -0.2) is 23.6 Å². The van der Waals surface area contributed by atoms with Crippen molar-refractivity contribution >= 4 is 34.8 Å². The summed E-state index contributed by atoms with van der Waals surface area (Å²) in [5, 5.41) is 4.36. The molecule has 2 aliphatic rings. The fourth-order valence-electron chi connectivity index (χ4n) is 2.37. The van der Waals surface area contributed by atoms with Crippen LogP contribution in [0.4, 0.5) is 0 Å². The normalized spacial score (nSPS) is 17.6. The Morgan fingerprint density at radius 3 is 1.86 bits per heavy atom. The Kier molecular flexibility index (Phi) is 2.79. The molecule has 0 unspecified atom stereocenters. The van der Waals surface area contributed by atoms with Gasteiger partial charge in [0.05, 0.1) is 11.1 Å². The van der Waals surface area contributed by atoms with Gasteiger partial charge in [-0.15, -0.1) is 0 Å². The molecule has 0 saturated heterocycles. The third kappa shape index (κ3) is 2.16. The summed E-state index contributed by atoms with van der Waals surface area (Å²) in [6, 6.07) is 5.01. The summed E-state index contributed by atoms with van der Waals surface area (Å²) in [5.74, 6) is -1.77. The number of carbonyl (C=O) groups excluding carboxylic acids is 4. The van der Waals surface area contributed by atoms with Crippen LogP contribution < -0.4 is 10.6 Å². The van der Waals surface area contributed by atoms with E-state index in [9.17, 15) is 19.2 Å². The summed E-state index contributed by atoms with van der Waals surface area (Å²) in [6.45, 7) is 1.77. The van der Waals surface area contributed by atoms with Crippen molar-refractivity contribution in [2.75, 3.05) is 0 Å². The van der Waals surface area contributed by atoms with E-state index < -0.39 is 23.6 Å². The number of rotatable bonds is 2. The molecule has 1 aromatic carbocycles. The summed E-state index contributed by atoms with van der Waals surface area (Å²) < 4.78 is 0. The minimum absolute atomic E-state index is 0.288. The van der Waals surface area contributed by atoms with Gasteiger partial charge in [-0.1, -0.05) is 18.2 Å². The predicted octanol–water partition coefficient (Wildman–Crippen LogP) is 0.0746. The van der Waals surface area contributed by atoms with E-state index in [4.69, 9.17) is 0 Å². The zero-order valence-electron chi connectivity index (χ0n) is 11.0. The van der Waals surface area contributed by atoms with Crippen LogP contribution in [0, 0.1) is 6.92 Å². The lowest BCUT2D eigenvalue weighted by Gasteiger charge is -2.08. The topological polar surface area (TPSA) is 92.3 Å². The first-order valence-electron chi connectivity index (χ1n) is 6.21. The molecule has 104 valence electrons. The molecule has 6 nitrogen and oxygen atoms in total. The van der Waals surface area contributed by atoms with Gasteiger partial charge in [-0.05, 0) is 23.6 Å². The van der Waals surface area contributed by atoms with Crippen molar-refractivity contribution in [2.45, 2.75) is 6.92 Å². The van der Waals surface area contributed by atoms with Gasteiger partial charge in [0.15, 0.2) is 0 Å². The Labute approximate surface area is 119 Å². The fraction of sp³-hybridized carbons (Fsp3) is 0.0667.